The van der Waals surface area contributed by atoms with Crippen molar-refractivity contribution in [3.63, 3.8) is 0 Å². The topological polar surface area (TPSA) is 55.5 Å². The maximum atomic E-state index is 9.60. The predicted molar refractivity (Wildman–Crippen MR) is 64.3 cm³/mol. The fourth-order valence-electron chi connectivity index (χ4n) is 1.32. The molecule has 0 spiro atoms. The molecule has 1 aromatic rings. The quantitative estimate of drug-likeness (QED) is 0.886. The zero-order chi connectivity index (χ0) is 11.4. The second-order valence-corrected chi connectivity index (χ2v) is 4.50. The summed E-state index contributed by atoms with van der Waals surface area (Å²) in [5.74, 6) is 0.631. The molecule has 0 aliphatic heterocycles. The molecule has 0 saturated carbocycles. The molecule has 0 aromatic heterocycles. The van der Waals surface area contributed by atoms with Crippen LogP contribution < -0.4 is 10.5 Å². The Morgan fingerprint density at radius 1 is 1.53 bits per heavy atom. The van der Waals surface area contributed by atoms with Crippen molar-refractivity contribution in [3.8, 4) is 11.5 Å². The molecule has 1 atom stereocenters. The molecule has 84 valence electrons. The van der Waals surface area contributed by atoms with Gasteiger partial charge in [0.2, 0.25) is 0 Å². The van der Waals surface area contributed by atoms with Crippen LogP contribution in [-0.4, -0.2) is 18.3 Å². The number of nitrogens with two attached hydrogens (primary N) is 1. The highest BCUT2D eigenvalue weighted by molar-refractivity contribution is 9.10. The lowest BCUT2D eigenvalue weighted by molar-refractivity contribution is 0.371. The number of methoxy groups -OCH3 is 1. The van der Waals surface area contributed by atoms with Crippen LogP contribution in [0.5, 0.6) is 11.5 Å². The van der Waals surface area contributed by atoms with Gasteiger partial charge in [0.1, 0.15) is 0 Å². The Bertz CT molecular complexity index is 340. The highest BCUT2D eigenvalue weighted by Gasteiger charge is 2.08. The van der Waals surface area contributed by atoms with Crippen molar-refractivity contribution in [3.05, 3.63) is 22.2 Å². The van der Waals surface area contributed by atoms with E-state index in [2.05, 4.69) is 15.9 Å². The highest BCUT2D eigenvalue weighted by atomic mass is 79.9. The smallest absolute Gasteiger partial charge is 0.172 e. The van der Waals surface area contributed by atoms with Gasteiger partial charge in [-0.3, -0.25) is 0 Å². The molecule has 0 aliphatic rings. The molecule has 1 rings (SSSR count). The Labute approximate surface area is 98.4 Å². The Hall–Kier alpha value is -0.740. The van der Waals surface area contributed by atoms with Gasteiger partial charge in [-0.1, -0.05) is 0 Å². The van der Waals surface area contributed by atoms with Crippen LogP contribution in [-0.2, 0) is 6.42 Å². The van der Waals surface area contributed by atoms with Crippen molar-refractivity contribution in [2.75, 3.05) is 7.11 Å². The first-order valence-corrected chi connectivity index (χ1v) is 5.65. The van der Waals surface area contributed by atoms with Gasteiger partial charge in [-0.15, -0.1) is 0 Å². The first-order chi connectivity index (χ1) is 7.04. The maximum Gasteiger partial charge on any atom is 0.172 e. The molecule has 0 amide bonds. The summed E-state index contributed by atoms with van der Waals surface area (Å²) < 4.78 is 5.72. The molecule has 0 bridgehead atoms. The number of hydrogen-bond acceptors (Lipinski definition) is 3. The molecule has 0 fully saturated rings. The van der Waals surface area contributed by atoms with E-state index in [0.717, 1.165) is 18.4 Å². The number of phenolic OH excluding ortho intramolecular Hbond substituents is 1. The van der Waals surface area contributed by atoms with Crippen molar-refractivity contribution in [1.29, 1.82) is 0 Å². The molecule has 4 heteroatoms. The van der Waals surface area contributed by atoms with Gasteiger partial charge in [-0.2, -0.15) is 0 Å². The van der Waals surface area contributed by atoms with Gasteiger partial charge in [0.25, 0.3) is 0 Å². The van der Waals surface area contributed by atoms with Crippen LogP contribution in [0.4, 0.5) is 0 Å². The number of hydrogen-bond donors (Lipinski definition) is 2. The van der Waals surface area contributed by atoms with Crippen molar-refractivity contribution < 1.29 is 9.84 Å². The number of halogens is 1. The van der Waals surface area contributed by atoms with Gasteiger partial charge in [-0.05, 0) is 53.4 Å². The van der Waals surface area contributed by atoms with Crippen molar-refractivity contribution >= 4 is 15.9 Å². The minimum atomic E-state index is 0.141. The van der Waals surface area contributed by atoms with E-state index in [-0.39, 0.29) is 11.8 Å². The second kappa shape index (κ2) is 5.37. The minimum Gasteiger partial charge on any atom is -0.503 e. The van der Waals surface area contributed by atoms with Gasteiger partial charge in [0.15, 0.2) is 11.5 Å². The van der Waals surface area contributed by atoms with Gasteiger partial charge >= 0.3 is 0 Å². The molecule has 0 aliphatic carbocycles. The molecule has 0 unspecified atom stereocenters. The molecular weight excluding hydrogens is 258 g/mol. The van der Waals surface area contributed by atoms with Gasteiger partial charge in [0, 0.05) is 6.04 Å². The largest absolute Gasteiger partial charge is 0.503 e. The van der Waals surface area contributed by atoms with Crippen LogP contribution in [0.15, 0.2) is 16.6 Å². The number of rotatable bonds is 4. The number of benzene rings is 1. The lowest BCUT2D eigenvalue weighted by Crippen LogP contribution is -2.15. The van der Waals surface area contributed by atoms with E-state index in [9.17, 15) is 5.11 Å². The molecular formula is C11H16BrNO2. The van der Waals surface area contributed by atoms with E-state index in [1.807, 2.05) is 19.1 Å². The summed E-state index contributed by atoms with van der Waals surface area (Å²) in [6.45, 7) is 1.98. The third-order valence-corrected chi connectivity index (χ3v) is 2.80. The standard InChI is InChI=1S/C11H16BrNO2/c1-7(13)3-4-8-5-9(12)11(14)10(6-8)15-2/h5-7,14H,3-4,13H2,1-2H3/t7-/m1/s1. The van der Waals surface area contributed by atoms with Crippen LogP contribution in [0.2, 0.25) is 0 Å². The zero-order valence-corrected chi connectivity index (χ0v) is 10.5. The van der Waals surface area contributed by atoms with E-state index in [4.69, 9.17) is 10.5 Å². The molecule has 3 N–H and O–H groups in total. The Morgan fingerprint density at radius 3 is 2.73 bits per heavy atom. The third-order valence-electron chi connectivity index (χ3n) is 2.20. The average molecular weight is 274 g/mol. The summed E-state index contributed by atoms with van der Waals surface area (Å²) in [7, 11) is 1.54. The Morgan fingerprint density at radius 2 is 2.20 bits per heavy atom. The lowest BCUT2D eigenvalue weighted by Gasteiger charge is -2.10. The molecule has 15 heavy (non-hydrogen) atoms. The monoisotopic (exact) mass is 273 g/mol. The summed E-state index contributed by atoms with van der Waals surface area (Å²) in [6, 6.07) is 3.91. The van der Waals surface area contributed by atoms with E-state index >= 15 is 0 Å². The predicted octanol–water partition coefficient (Wildman–Crippen LogP) is 2.44. The first-order valence-electron chi connectivity index (χ1n) is 4.85. The van der Waals surface area contributed by atoms with Gasteiger partial charge in [0.05, 0.1) is 11.6 Å². The third kappa shape index (κ3) is 3.39. The minimum absolute atomic E-state index is 0.141. The molecule has 0 heterocycles. The number of aryl methyl sites for hydroxylation is 1. The maximum absolute atomic E-state index is 9.60. The van der Waals surface area contributed by atoms with Crippen LogP contribution in [0.25, 0.3) is 0 Å². The molecule has 1 aromatic carbocycles. The van der Waals surface area contributed by atoms with Gasteiger partial charge in [-0.25, -0.2) is 0 Å². The number of aromatic hydroxyl groups is 1. The van der Waals surface area contributed by atoms with E-state index in [1.54, 1.807) is 0 Å². The summed E-state index contributed by atoms with van der Waals surface area (Å²) >= 11 is 3.28. The van der Waals surface area contributed by atoms with Crippen LogP contribution in [0.1, 0.15) is 18.9 Å². The molecule has 3 nitrogen and oxygen atoms in total. The van der Waals surface area contributed by atoms with Crippen molar-refractivity contribution in [2.45, 2.75) is 25.8 Å². The van der Waals surface area contributed by atoms with Crippen molar-refractivity contribution in [2.24, 2.45) is 5.73 Å². The number of phenols is 1. The lowest BCUT2D eigenvalue weighted by atomic mass is 10.1. The summed E-state index contributed by atoms with van der Waals surface area (Å²) in [5, 5.41) is 9.60. The van der Waals surface area contributed by atoms with Crippen LogP contribution in [0, 0.1) is 0 Å². The summed E-state index contributed by atoms with van der Waals surface area (Å²) in [6.07, 6.45) is 1.80. The number of ether oxygens (including phenoxy) is 1. The van der Waals surface area contributed by atoms with Crippen molar-refractivity contribution in [1.82, 2.24) is 0 Å². The highest BCUT2D eigenvalue weighted by Crippen LogP contribution is 2.35. The summed E-state index contributed by atoms with van der Waals surface area (Å²) in [5.41, 5.74) is 6.79. The fourth-order valence-corrected chi connectivity index (χ4v) is 1.81. The Balaban J connectivity index is 2.86. The zero-order valence-electron chi connectivity index (χ0n) is 8.96. The molecule has 0 saturated heterocycles. The second-order valence-electron chi connectivity index (χ2n) is 3.64. The summed E-state index contributed by atoms with van der Waals surface area (Å²) in [4.78, 5) is 0. The van der Waals surface area contributed by atoms with Gasteiger partial charge < -0.3 is 15.6 Å². The van der Waals surface area contributed by atoms with E-state index < -0.39 is 0 Å². The van der Waals surface area contributed by atoms with Crippen LogP contribution >= 0.6 is 15.9 Å². The van der Waals surface area contributed by atoms with E-state index in [1.165, 1.54) is 7.11 Å². The van der Waals surface area contributed by atoms with Crippen LogP contribution in [0.3, 0.4) is 0 Å². The SMILES string of the molecule is COc1cc(CC[C@@H](C)N)cc(Br)c1O. The van der Waals surface area contributed by atoms with E-state index in [0.29, 0.717) is 10.2 Å². The normalized spacial score (nSPS) is 12.5. The Kier molecular flexibility index (Phi) is 4.42. The average Bonchev–Trinajstić information content (AvgIpc) is 2.19. The fraction of sp³-hybridized carbons (Fsp3) is 0.455. The molecule has 0 radical (unpaired) electrons. The first kappa shape index (κ1) is 12.3.